The van der Waals surface area contributed by atoms with Gasteiger partial charge >= 0.3 is 0 Å². The summed E-state index contributed by atoms with van der Waals surface area (Å²) in [5.74, 6) is 1.11. The van der Waals surface area contributed by atoms with E-state index in [1.54, 1.807) is 0 Å². The fraction of sp³-hybridized carbons (Fsp3) is 0.542. The second-order valence-electron chi connectivity index (χ2n) is 6.99. The zero-order chi connectivity index (χ0) is 19.9. The smallest absolute Gasteiger partial charge is 0.119 e. The Kier molecular flexibility index (Phi) is 12.4. The molecule has 0 radical (unpaired) electrons. The van der Waals surface area contributed by atoms with E-state index >= 15 is 0 Å². The van der Waals surface area contributed by atoms with Gasteiger partial charge in [0.1, 0.15) is 12.4 Å². The van der Waals surface area contributed by atoms with Gasteiger partial charge in [0.2, 0.25) is 0 Å². The van der Waals surface area contributed by atoms with E-state index < -0.39 is 0 Å². The maximum atomic E-state index is 9.40. The monoisotopic (exact) mass is 372 g/mol. The van der Waals surface area contributed by atoms with Crippen molar-refractivity contribution in [2.75, 3.05) is 0 Å². The van der Waals surface area contributed by atoms with Gasteiger partial charge in [-0.2, -0.15) is 0 Å². The third-order valence-electron chi connectivity index (χ3n) is 4.81. The summed E-state index contributed by atoms with van der Waals surface area (Å²) >= 11 is 0. The summed E-state index contributed by atoms with van der Waals surface area (Å²) in [5.41, 5.74) is 1.44. The van der Waals surface area contributed by atoms with E-state index in [2.05, 4.69) is 62.9 Å². The molecule has 2 aliphatic rings. The molecule has 3 nitrogen and oxygen atoms in total. The van der Waals surface area contributed by atoms with E-state index in [0.717, 1.165) is 25.5 Å². The first-order chi connectivity index (χ1) is 13.2. The Balaban J connectivity index is 0.000000227. The van der Waals surface area contributed by atoms with E-state index in [1.165, 1.54) is 18.4 Å². The largest absolute Gasteiger partial charge is 0.303 e. The minimum Gasteiger partial charge on any atom is -0.303 e. The van der Waals surface area contributed by atoms with Crippen molar-refractivity contribution in [3.05, 3.63) is 60.7 Å². The summed E-state index contributed by atoms with van der Waals surface area (Å²) < 4.78 is 0. The molecule has 0 N–H and O–H groups in total. The van der Waals surface area contributed by atoms with Crippen LogP contribution in [0.3, 0.4) is 0 Å². The molecule has 27 heavy (non-hydrogen) atoms. The molecule has 3 rings (SSSR count). The fourth-order valence-corrected chi connectivity index (χ4v) is 3.48. The highest BCUT2D eigenvalue weighted by Crippen LogP contribution is 2.44. The molecule has 1 saturated carbocycles. The molecule has 1 saturated heterocycles. The molecule has 4 atom stereocenters. The average Bonchev–Trinajstić information content (AvgIpc) is 3.28. The first-order valence-corrected chi connectivity index (χ1v) is 10.2. The number of benzene rings is 1. The molecular formula is C24H36O3. The molecule has 3 heteroatoms. The highest BCUT2D eigenvalue weighted by Gasteiger charge is 2.48. The highest BCUT2D eigenvalue weighted by atomic mass is 17.2. The van der Waals surface area contributed by atoms with Gasteiger partial charge < -0.3 is 4.79 Å². The summed E-state index contributed by atoms with van der Waals surface area (Å²) in [5, 5.41) is 0. The third-order valence-corrected chi connectivity index (χ3v) is 4.81. The first-order valence-electron chi connectivity index (χ1n) is 10.2. The van der Waals surface area contributed by atoms with Gasteiger partial charge in [0.15, 0.2) is 0 Å². The van der Waals surface area contributed by atoms with Crippen molar-refractivity contribution >= 4 is 6.29 Å². The van der Waals surface area contributed by atoms with E-state index in [4.69, 9.17) is 9.78 Å². The van der Waals surface area contributed by atoms with Crippen LogP contribution in [0, 0.1) is 11.8 Å². The fourth-order valence-electron chi connectivity index (χ4n) is 3.48. The van der Waals surface area contributed by atoms with Gasteiger partial charge in [-0.3, -0.25) is 0 Å². The van der Waals surface area contributed by atoms with Gasteiger partial charge in [-0.15, -0.1) is 6.58 Å². The minimum absolute atomic E-state index is 0.283. The van der Waals surface area contributed by atoms with E-state index in [1.807, 2.05) is 13.0 Å². The molecule has 1 heterocycles. The van der Waals surface area contributed by atoms with Crippen molar-refractivity contribution in [1.29, 1.82) is 0 Å². The normalized spacial score (nSPS) is 25.3. The summed E-state index contributed by atoms with van der Waals surface area (Å²) in [6, 6.07) is 10.6. The van der Waals surface area contributed by atoms with Crippen LogP contribution in [0.15, 0.2) is 55.1 Å². The SMILES string of the molecule is C=CC[C@@H]1C(/C=C/C)[C@H]2C[C@@H]1OO2.CCCC=O.CCCc1ccccc1. The summed E-state index contributed by atoms with van der Waals surface area (Å²) in [6.07, 6.45) is 14.0. The zero-order valence-electron chi connectivity index (χ0n) is 17.2. The van der Waals surface area contributed by atoms with Crippen molar-refractivity contribution < 1.29 is 14.6 Å². The maximum absolute atomic E-state index is 9.40. The Labute approximate surface area is 165 Å². The number of fused-ring (bicyclic) bond motifs is 2. The van der Waals surface area contributed by atoms with Crippen LogP contribution in [0.25, 0.3) is 0 Å². The van der Waals surface area contributed by atoms with Crippen molar-refractivity contribution in [3.8, 4) is 0 Å². The predicted octanol–water partition coefficient (Wildman–Crippen LogP) is 6.10. The Bertz CT molecular complexity index is 538. The second-order valence-corrected chi connectivity index (χ2v) is 6.99. The molecule has 1 aliphatic heterocycles. The van der Waals surface area contributed by atoms with Gasteiger partial charge in [0, 0.05) is 24.7 Å². The Morgan fingerprint density at radius 2 is 1.81 bits per heavy atom. The molecular weight excluding hydrogens is 336 g/mol. The van der Waals surface area contributed by atoms with E-state index in [-0.39, 0.29) is 6.10 Å². The van der Waals surface area contributed by atoms with Gasteiger partial charge in [0.25, 0.3) is 0 Å². The number of unbranched alkanes of at least 4 members (excludes halogenated alkanes) is 1. The summed E-state index contributed by atoms with van der Waals surface area (Å²) in [4.78, 5) is 19.8. The van der Waals surface area contributed by atoms with Crippen molar-refractivity contribution in [1.82, 2.24) is 0 Å². The molecule has 0 spiro atoms. The number of hydrogen-bond donors (Lipinski definition) is 0. The molecule has 150 valence electrons. The average molecular weight is 373 g/mol. The van der Waals surface area contributed by atoms with Gasteiger partial charge in [-0.05, 0) is 31.7 Å². The van der Waals surface area contributed by atoms with Crippen LogP contribution in [0.4, 0.5) is 0 Å². The summed E-state index contributed by atoms with van der Waals surface area (Å²) in [7, 11) is 0. The molecule has 1 aliphatic carbocycles. The van der Waals surface area contributed by atoms with Crippen LogP contribution in [0.2, 0.25) is 0 Å². The number of aryl methyl sites for hydroxylation is 1. The summed E-state index contributed by atoms with van der Waals surface area (Å²) in [6.45, 7) is 10.0. The van der Waals surface area contributed by atoms with Crippen LogP contribution < -0.4 is 0 Å². The van der Waals surface area contributed by atoms with Crippen molar-refractivity contribution in [3.63, 3.8) is 0 Å². The standard InChI is InChI=1S/C11H16O2.C9H12.C4H8O/c1-3-5-8-9(6-4-2)11-7-10(8)12-13-11;1-2-6-9-7-4-3-5-8-9;1-2-3-4-5/h3-4,6,8-11H,1,5,7H2,2H3;3-5,7-8H,2,6H2,1H3;4H,2-3H2,1H3/b6-4+;;/t8-,9?,10+,11-;;/m1../s1. The molecule has 0 aromatic heterocycles. The molecule has 0 amide bonds. The third kappa shape index (κ3) is 8.23. The van der Waals surface area contributed by atoms with Crippen LogP contribution in [0.1, 0.15) is 58.4 Å². The second kappa shape index (κ2) is 14.4. The minimum atomic E-state index is 0.283. The van der Waals surface area contributed by atoms with Gasteiger partial charge in [0.05, 0.1) is 6.10 Å². The number of rotatable bonds is 7. The quantitative estimate of drug-likeness (QED) is 0.330. The Morgan fingerprint density at radius 1 is 1.11 bits per heavy atom. The number of hydrogen-bond acceptors (Lipinski definition) is 3. The van der Waals surface area contributed by atoms with E-state index in [0.29, 0.717) is 24.4 Å². The molecule has 1 unspecified atom stereocenters. The number of aldehydes is 1. The number of carbonyl (C=O) groups excluding carboxylic acids is 1. The van der Waals surface area contributed by atoms with Gasteiger partial charge in [-0.25, -0.2) is 9.78 Å². The Morgan fingerprint density at radius 3 is 2.33 bits per heavy atom. The van der Waals surface area contributed by atoms with Crippen molar-refractivity contribution in [2.24, 2.45) is 11.8 Å². The Hall–Kier alpha value is -1.71. The van der Waals surface area contributed by atoms with Gasteiger partial charge in [-0.1, -0.05) is 68.8 Å². The highest BCUT2D eigenvalue weighted by molar-refractivity contribution is 5.48. The topological polar surface area (TPSA) is 35.5 Å². The van der Waals surface area contributed by atoms with Crippen LogP contribution in [-0.2, 0) is 21.0 Å². The molecule has 1 aromatic carbocycles. The predicted molar refractivity (Wildman–Crippen MR) is 112 cm³/mol. The van der Waals surface area contributed by atoms with Crippen LogP contribution >= 0.6 is 0 Å². The number of allylic oxidation sites excluding steroid dienone is 2. The first kappa shape index (κ1) is 23.3. The van der Waals surface area contributed by atoms with E-state index in [9.17, 15) is 4.79 Å². The maximum Gasteiger partial charge on any atom is 0.119 e. The molecule has 2 fully saturated rings. The lowest BCUT2D eigenvalue weighted by molar-refractivity contribution is -0.336. The zero-order valence-corrected chi connectivity index (χ0v) is 17.2. The lowest BCUT2D eigenvalue weighted by atomic mass is 9.90. The molecule has 1 aromatic rings. The molecule has 2 bridgehead atoms. The lowest BCUT2D eigenvalue weighted by Gasteiger charge is -2.26. The van der Waals surface area contributed by atoms with Crippen molar-refractivity contribution in [2.45, 2.75) is 71.5 Å². The number of carbonyl (C=O) groups is 1. The lowest BCUT2D eigenvalue weighted by Crippen LogP contribution is -2.28. The van der Waals surface area contributed by atoms with Crippen LogP contribution in [0.5, 0.6) is 0 Å². The van der Waals surface area contributed by atoms with Crippen LogP contribution in [-0.4, -0.2) is 18.5 Å².